The van der Waals surface area contributed by atoms with E-state index in [4.69, 9.17) is 26.2 Å². The van der Waals surface area contributed by atoms with Crippen LogP contribution in [-0.2, 0) is 6.54 Å². The van der Waals surface area contributed by atoms with Gasteiger partial charge in [0.05, 0.1) is 30.2 Å². The second-order valence-corrected chi connectivity index (χ2v) is 8.24. The zero-order valence-electron chi connectivity index (χ0n) is 19.2. The summed E-state index contributed by atoms with van der Waals surface area (Å²) < 4.78 is 13.7. The highest BCUT2D eigenvalue weighted by Crippen LogP contribution is 2.36. The van der Waals surface area contributed by atoms with Crippen molar-refractivity contribution in [2.24, 2.45) is 0 Å². The van der Waals surface area contributed by atoms with Gasteiger partial charge >= 0.3 is 0 Å². The molecule has 3 aromatic rings. The van der Waals surface area contributed by atoms with E-state index >= 15 is 0 Å². The third-order valence-electron chi connectivity index (χ3n) is 5.35. The van der Waals surface area contributed by atoms with Crippen molar-refractivity contribution in [1.82, 2.24) is 14.7 Å². The molecule has 0 aliphatic carbocycles. The van der Waals surface area contributed by atoms with Crippen LogP contribution < -0.4 is 9.47 Å². The average Bonchev–Trinajstić information content (AvgIpc) is 3.09. The molecule has 32 heavy (non-hydrogen) atoms. The van der Waals surface area contributed by atoms with E-state index in [0.29, 0.717) is 41.9 Å². The summed E-state index contributed by atoms with van der Waals surface area (Å²) >= 11 is 6.10. The Morgan fingerprint density at radius 1 is 1.09 bits per heavy atom. The summed E-state index contributed by atoms with van der Waals surface area (Å²) in [6.45, 7) is 8.21. The van der Waals surface area contributed by atoms with E-state index in [0.717, 1.165) is 29.9 Å². The molecule has 0 radical (unpaired) electrons. The van der Waals surface area contributed by atoms with Gasteiger partial charge in [0.2, 0.25) is 5.88 Å². The summed E-state index contributed by atoms with van der Waals surface area (Å²) in [5, 5.41) is 15.7. The molecular formula is C25H32ClN3O3. The van der Waals surface area contributed by atoms with E-state index in [9.17, 15) is 5.11 Å². The maximum atomic E-state index is 10.3. The van der Waals surface area contributed by atoms with E-state index in [1.165, 1.54) is 0 Å². The van der Waals surface area contributed by atoms with Gasteiger partial charge in [-0.05, 0) is 62.7 Å². The van der Waals surface area contributed by atoms with E-state index < -0.39 is 0 Å². The van der Waals surface area contributed by atoms with Crippen molar-refractivity contribution in [3.63, 3.8) is 0 Å². The Kier molecular flexibility index (Phi) is 8.56. The number of methoxy groups -OCH3 is 1. The number of aliphatic hydroxyl groups excluding tert-OH is 1. The lowest BCUT2D eigenvalue weighted by atomic mass is 10.2. The molecular weight excluding hydrogens is 426 g/mol. The van der Waals surface area contributed by atoms with Gasteiger partial charge in [-0.25, -0.2) is 4.68 Å². The lowest BCUT2D eigenvalue weighted by Crippen LogP contribution is -2.32. The molecule has 0 spiro atoms. The van der Waals surface area contributed by atoms with Crippen LogP contribution in [0.4, 0.5) is 0 Å². The first kappa shape index (κ1) is 24.1. The van der Waals surface area contributed by atoms with Crippen LogP contribution >= 0.6 is 11.6 Å². The largest absolute Gasteiger partial charge is 0.493 e. The number of aliphatic hydroxyl groups is 1. The summed E-state index contributed by atoms with van der Waals surface area (Å²) in [5.74, 6) is 1.88. The third-order valence-corrected chi connectivity index (χ3v) is 5.60. The van der Waals surface area contributed by atoms with Gasteiger partial charge < -0.3 is 14.6 Å². The highest BCUT2D eigenvalue weighted by molar-refractivity contribution is 6.30. The summed E-state index contributed by atoms with van der Waals surface area (Å²) in [7, 11) is 1.62. The van der Waals surface area contributed by atoms with Crippen LogP contribution in [0.5, 0.6) is 17.4 Å². The van der Waals surface area contributed by atoms with Crippen LogP contribution in [0.2, 0.25) is 5.02 Å². The van der Waals surface area contributed by atoms with E-state index in [1.54, 1.807) is 11.8 Å². The van der Waals surface area contributed by atoms with Gasteiger partial charge in [0.25, 0.3) is 0 Å². The van der Waals surface area contributed by atoms with Crippen LogP contribution in [0.1, 0.15) is 37.9 Å². The minimum atomic E-state index is -0.369. The lowest BCUT2D eigenvalue weighted by molar-refractivity contribution is 0.105. The number of hydrogen-bond acceptors (Lipinski definition) is 5. The zero-order chi connectivity index (χ0) is 23.1. The van der Waals surface area contributed by atoms with Crippen LogP contribution in [0.25, 0.3) is 5.69 Å². The SMILES string of the molecule is CCCN(Cc1c(C)nn(-c2ccc(Cl)cc2)c1Oc1ccccc1OC)CC(O)CC. The van der Waals surface area contributed by atoms with E-state index in [1.807, 2.05) is 62.4 Å². The first-order valence-electron chi connectivity index (χ1n) is 11.0. The predicted octanol–water partition coefficient (Wildman–Crippen LogP) is 5.62. The quantitative estimate of drug-likeness (QED) is 0.405. The van der Waals surface area contributed by atoms with E-state index in [2.05, 4.69) is 11.8 Å². The van der Waals surface area contributed by atoms with Gasteiger partial charge in [-0.15, -0.1) is 0 Å². The zero-order valence-corrected chi connectivity index (χ0v) is 20.0. The number of rotatable bonds is 11. The van der Waals surface area contributed by atoms with Gasteiger partial charge in [-0.1, -0.05) is 37.6 Å². The fourth-order valence-corrected chi connectivity index (χ4v) is 3.72. The minimum Gasteiger partial charge on any atom is -0.493 e. The molecule has 1 N–H and O–H groups in total. The molecule has 1 unspecified atom stereocenters. The first-order chi connectivity index (χ1) is 15.5. The Bertz CT molecular complexity index is 1000. The second kappa shape index (κ2) is 11.4. The maximum Gasteiger partial charge on any atom is 0.227 e. The molecule has 0 fully saturated rings. The van der Waals surface area contributed by atoms with E-state index in [-0.39, 0.29) is 6.10 Å². The molecule has 0 aliphatic rings. The third kappa shape index (κ3) is 5.82. The smallest absolute Gasteiger partial charge is 0.227 e. The van der Waals surface area contributed by atoms with Crippen molar-refractivity contribution >= 4 is 11.6 Å². The molecule has 1 aromatic heterocycles. The number of aryl methyl sites for hydroxylation is 1. The monoisotopic (exact) mass is 457 g/mol. The molecule has 1 heterocycles. The lowest BCUT2D eigenvalue weighted by Gasteiger charge is -2.24. The highest BCUT2D eigenvalue weighted by atomic mass is 35.5. The summed E-state index contributed by atoms with van der Waals surface area (Å²) in [5.41, 5.74) is 2.70. The van der Waals surface area contributed by atoms with Crippen molar-refractivity contribution in [3.8, 4) is 23.1 Å². The number of halogens is 1. The number of aromatic nitrogens is 2. The molecule has 0 saturated carbocycles. The molecule has 0 saturated heterocycles. The highest BCUT2D eigenvalue weighted by Gasteiger charge is 2.23. The summed E-state index contributed by atoms with van der Waals surface area (Å²) in [4.78, 5) is 2.25. The maximum absolute atomic E-state index is 10.3. The second-order valence-electron chi connectivity index (χ2n) is 7.81. The topological polar surface area (TPSA) is 59.8 Å². The Balaban J connectivity index is 2.06. The molecule has 172 valence electrons. The Morgan fingerprint density at radius 2 is 1.78 bits per heavy atom. The van der Waals surface area contributed by atoms with Crippen molar-refractivity contribution in [1.29, 1.82) is 0 Å². The molecule has 2 aromatic carbocycles. The molecule has 0 bridgehead atoms. The van der Waals surface area contributed by atoms with Crippen LogP contribution in [0.15, 0.2) is 48.5 Å². The van der Waals surface area contributed by atoms with Gasteiger partial charge in [-0.2, -0.15) is 5.10 Å². The molecule has 0 amide bonds. The summed E-state index contributed by atoms with van der Waals surface area (Å²) in [6.07, 6.45) is 1.34. The fourth-order valence-electron chi connectivity index (χ4n) is 3.59. The number of nitrogens with zero attached hydrogens (tertiary/aromatic N) is 3. The van der Waals surface area contributed by atoms with Crippen molar-refractivity contribution in [3.05, 3.63) is 64.8 Å². The minimum absolute atomic E-state index is 0.369. The van der Waals surface area contributed by atoms with Gasteiger partial charge in [0, 0.05) is 18.1 Å². The molecule has 1 atom stereocenters. The summed E-state index contributed by atoms with van der Waals surface area (Å²) in [6, 6.07) is 15.1. The average molecular weight is 458 g/mol. The predicted molar refractivity (Wildman–Crippen MR) is 128 cm³/mol. The number of para-hydroxylation sites is 2. The molecule has 7 heteroatoms. The van der Waals surface area contributed by atoms with Crippen molar-refractivity contribution < 1.29 is 14.6 Å². The normalized spacial score (nSPS) is 12.2. The molecule has 6 nitrogen and oxygen atoms in total. The number of benzene rings is 2. The molecule has 3 rings (SSSR count). The van der Waals surface area contributed by atoms with Gasteiger partial charge in [-0.3, -0.25) is 4.90 Å². The number of hydrogen-bond donors (Lipinski definition) is 1. The van der Waals surface area contributed by atoms with Gasteiger partial charge in [0.15, 0.2) is 11.5 Å². The van der Waals surface area contributed by atoms with Crippen LogP contribution in [0, 0.1) is 6.92 Å². The molecule has 0 aliphatic heterocycles. The van der Waals surface area contributed by atoms with Crippen LogP contribution in [0.3, 0.4) is 0 Å². The Hall–Kier alpha value is -2.54. The van der Waals surface area contributed by atoms with Crippen molar-refractivity contribution in [2.75, 3.05) is 20.2 Å². The standard InChI is InChI=1S/C25H32ClN3O3/c1-5-15-28(16-21(30)6-2)17-22-18(3)27-29(20-13-11-19(26)12-14-20)25(22)32-24-10-8-7-9-23(24)31-4/h7-14,21,30H,5-6,15-17H2,1-4H3. The number of ether oxygens (including phenoxy) is 2. The Morgan fingerprint density at radius 3 is 2.41 bits per heavy atom. The first-order valence-corrected chi connectivity index (χ1v) is 11.4. The van der Waals surface area contributed by atoms with Crippen LogP contribution in [-0.4, -0.2) is 46.1 Å². The van der Waals surface area contributed by atoms with Gasteiger partial charge in [0.1, 0.15) is 0 Å². The van der Waals surface area contributed by atoms with Crippen molar-refractivity contribution in [2.45, 2.75) is 46.3 Å². The Labute approximate surface area is 195 Å². The fraction of sp³-hybridized carbons (Fsp3) is 0.400.